The molecule has 0 N–H and O–H groups in total. The lowest BCUT2D eigenvalue weighted by Gasteiger charge is -2.26. The standard InChI is InChI=1S/C22H27ClN6O/c1-13(2)22-24-20(27-30-22)14-4-6-15(7-5-14)21-26-25-19-12-28(3)11-16-10-17(23)8-9-18(16)29(19)21/h8-10,13-15H,4-7,11-12H2,1-3H3/t14-,15+. The molecule has 8 heteroatoms. The molecule has 1 aromatic carbocycles. The Labute approximate surface area is 181 Å². The van der Waals surface area contributed by atoms with E-state index in [1.54, 1.807) is 0 Å². The van der Waals surface area contributed by atoms with Crippen molar-refractivity contribution < 1.29 is 4.52 Å². The van der Waals surface area contributed by atoms with E-state index in [1.165, 1.54) is 5.56 Å². The maximum Gasteiger partial charge on any atom is 0.229 e. The lowest BCUT2D eigenvalue weighted by Crippen LogP contribution is -2.17. The summed E-state index contributed by atoms with van der Waals surface area (Å²) in [6.07, 6.45) is 4.18. The SMILES string of the molecule is CC(C)c1nc([C@H]2CC[C@@H](c3nnc4n3-c3ccc(Cl)cc3CN(C)C4)CC2)no1. The van der Waals surface area contributed by atoms with Crippen LogP contribution < -0.4 is 0 Å². The maximum atomic E-state index is 6.28. The molecule has 1 saturated carbocycles. The fourth-order valence-electron chi connectivity index (χ4n) is 4.70. The second-order valence-corrected chi connectivity index (χ2v) is 9.39. The molecule has 1 aliphatic heterocycles. The van der Waals surface area contributed by atoms with E-state index in [1.807, 2.05) is 6.07 Å². The normalized spacial score (nSPS) is 22.0. The first kappa shape index (κ1) is 19.7. The first-order valence-electron chi connectivity index (χ1n) is 10.7. The molecule has 30 heavy (non-hydrogen) atoms. The van der Waals surface area contributed by atoms with E-state index in [0.717, 1.165) is 72.8 Å². The lowest BCUT2D eigenvalue weighted by atomic mass is 9.81. The van der Waals surface area contributed by atoms with Crippen molar-refractivity contribution in [2.75, 3.05) is 7.05 Å². The van der Waals surface area contributed by atoms with E-state index in [-0.39, 0.29) is 5.92 Å². The van der Waals surface area contributed by atoms with Crippen LogP contribution in [0.15, 0.2) is 22.7 Å². The van der Waals surface area contributed by atoms with Gasteiger partial charge in [0.05, 0.1) is 12.2 Å². The van der Waals surface area contributed by atoms with Crippen LogP contribution in [0.5, 0.6) is 0 Å². The number of hydrogen-bond donors (Lipinski definition) is 0. The molecule has 1 fully saturated rings. The smallest absolute Gasteiger partial charge is 0.229 e. The Morgan fingerprint density at radius 1 is 1.07 bits per heavy atom. The molecule has 0 bridgehead atoms. The molecule has 3 heterocycles. The molecule has 0 saturated heterocycles. The molecule has 0 radical (unpaired) electrons. The summed E-state index contributed by atoms with van der Waals surface area (Å²) in [6, 6.07) is 6.12. The number of benzene rings is 1. The quantitative estimate of drug-likeness (QED) is 0.598. The summed E-state index contributed by atoms with van der Waals surface area (Å²) in [5.74, 6) is 4.66. The van der Waals surface area contributed by atoms with Crippen molar-refractivity contribution >= 4 is 11.6 Å². The number of halogens is 1. The zero-order valence-electron chi connectivity index (χ0n) is 17.7. The van der Waals surface area contributed by atoms with Gasteiger partial charge in [-0.25, -0.2) is 0 Å². The molecule has 2 aliphatic rings. The molecule has 7 nitrogen and oxygen atoms in total. The van der Waals surface area contributed by atoms with Crippen LogP contribution in [0, 0.1) is 0 Å². The Hall–Kier alpha value is -2.25. The van der Waals surface area contributed by atoms with Gasteiger partial charge in [-0.05, 0) is 56.5 Å². The van der Waals surface area contributed by atoms with Gasteiger partial charge in [-0.1, -0.05) is 30.6 Å². The number of aromatic nitrogens is 5. The Bertz CT molecular complexity index is 1050. The van der Waals surface area contributed by atoms with Crippen LogP contribution in [0.2, 0.25) is 5.02 Å². The molecule has 5 rings (SSSR count). The molecular weight excluding hydrogens is 400 g/mol. The Morgan fingerprint density at radius 2 is 1.83 bits per heavy atom. The van der Waals surface area contributed by atoms with Crippen molar-refractivity contribution in [3.8, 4) is 5.69 Å². The van der Waals surface area contributed by atoms with Gasteiger partial charge in [0.1, 0.15) is 5.82 Å². The van der Waals surface area contributed by atoms with E-state index in [4.69, 9.17) is 16.1 Å². The molecule has 0 atom stereocenters. The van der Waals surface area contributed by atoms with Crippen molar-refractivity contribution in [3.63, 3.8) is 0 Å². The largest absolute Gasteiger partial charge is 0.339 e. The van der Waals surface area contributed by atoms with Crippen LogP contribution >= 0.6 is 11.6 Å². The molecule has 3 aromatic rings. The summed E-state index contributed by atoms with van der Waals surface area (Å²) in [7, 11) is 2.11. The third kappa shape index (κ3) is 3.54. The highest BCUT2D eigenvalue weighted by atomic mass is 35.5. The average Bonchev–Trinajstić information content (AvgIpc) is 3.34. The van der Waals surface area contributed by atoms with Crippen molar-refractivity contribution in [3.05, 3.63) is 52.1 Å². The Balaban J connectivity index is 1.40. The second-order valence-electron chi connectivity index (χ2n) is 8.95. The van der Waals surface area contributed by atoms with Gasteiger partial charge in [0, 0.05) is 29.3 Å². The number of nitrogens with zero attached hydrogens (tertiary/aromatic N) is 6. The third-order valence-corrected chi connectivity index (χ3v) is 6.53. The van der Waals surface area contributed by atoms with Gasteiger partial charge < -0.3 is 4.52 Å². The van der Waals surface area contributed by atoms with Gasteiger partial charge in [0.25, 0.3) is 0 Å². The Kier molecular flexibility index (Phi) is 5.11. The first-order valence-corrected chi connectivity index (χ1v) is 11.1. The molecule has 0 amide bonds. The predicted molar refractivity (Wildman–Crippen MR) is 114 cm³/mol. The minimum Gasteiger partial charge on any atom is -0.339 e. The van der Waals surface area contributed by atoms with Crippen molar-refractivity contribution in [1.29, 1.82) is 0 Å². The van der Waals surface area contributed by atoms with Crippen LogP contribution in [0.4, 0.5) is 0 Å². The molecule has 158 valence electrons. The molecule has 0 spiro atoms. The maximum absolute atomic E-state index is 6.28. The highest BCUT2D eigenvalue weighted by Gasteiger charge is 2.32. The average molecular weight is 427 g/mol. The minimum atomic E-state index is 0.265. The van der Waals surface area contributed by atoms with E-state index in [0.29, 0.717) is 11.8 Å². The van der Waals surface area contributed by atoms with Gasteiger partial charge in [-0.2, -0.15) is 4.98 Å². The van der Waals surface area contributed by atoms with Gasteiger partial charge >= 0.3 is 0 Å². The van der Waals surface area contributed by atoms with Crippen LogP contribution in [-0.4, -0.2) is 36.9 Å². The van der Waals surface area contributed by atoms with Crippen molar-refractivity contribution in [1.82, 2.24) is 29.8 Å². The van der Waals surface area contributed by atoms with Crippen LogP contribution in [0.3, 0.4) is 0 Å². The number of rotatable bonds is 3. The summed E-state index contributed by atoms with van der Waals surface area (Å²) in [5, 5.41) is 14.2. The summed E-state index contributed by atoms with van der Waals surface area (Å²) in [6.45, 7) is 5.78. The topological polar surface area (TPSA) is 72.9 Å². The van der Waals surface area contributed by atoms with Crippen molar-refractivity contribution in [2.45, 2.75) is 70.4 Å². The molecular formula is C22H27ClN6O. The van der Waals surface area contributed by atoms with E-state index in [9.17, 15) is 0 Å². The zero-order chi connectivity index (χ0) is 20.8. The van der Waals surface area contributed by atoms with E-state index >= 15 is 0 Å². The van der Waals surface area contributed by atoms with Crippen LogP contribution in [0.25, 0.3) is 5.69 Å². The fraction of sp³-hybridized carbons (Fsp3) is 0.545. The number of hydrogen-bond acceptors (Lipinski definition) is 6. The van der Waals surface area contributed by atoms with Gasteiger partial charge in [-0.3, -0.25) is 9.47 Å². The van der Waals surface area contributed by atoms with Gasteiger partial charge in [0.2, 0.25) is 5.89 Å². The summed E-state index contributed by atoms with van der Waals surface area (Å²) in [5.41, 5.74) is 2.37. The van der Waals surface area contributed by atoms with E-state index < -0.39 is 0 Å². The van der Waals surface area contributed by atoms with Crippen molar-refractivity contribution in [2.24, 2.45) is 0 Å². The summed E-state index contributed by atoms with van der Waals surface area (Å²) < 4.78 is 7.69. The zero-order valence-corrected chi connectivity index (χ0v) is 18.4. The summed E-state index contributed by atoms with van der Waals surface area (Å²) in [4.78, 5) is 6.88. The fourth-order valence-corrected chi connectivity index (χ4v) is 4.90. The molecule has 1 aliphatic carbocycles. The second kappa shape index (κ2) is 7.78. The number of fused-ring (bicyclic) bond motifs is 3. The molecule has 2 aromatic heterocycles. The Morgan fingerprint density at radius 3 is 2.57 bits per heavy atom. The highest BCUT2D eigenvalue weighted by molar-refractivity contribution is 6.30. The van der Waals surface area contributed by atoms with Gasteiger partial charge in [0.15, 0.2) is 11.6 Å². The lowest BCUT2D eigenvalue weighted by molar-refractivity contribution is 0.315. The first-order chi connectivity index (χ1) is 14.5. The monoisotopic (exact) mass is 426 g/mol. The predicted octanol–water partition coefficient (Wildman–Crippen LogP) is 4.81. The summed E-state index contributed by atoms with van der Waals surface area (Å²) >= 11 is 6.28. The van der Waals surface area contributed by atoms with Crippen LogP contribution in [0.1, 0.15) is 86.2 Å². The van der Waals surface area contributed by atoms with E-state index in [2.05, 4.69) is 62.8 Å². The van der Waals surface area contributed by atoms with Crippen LogP contribution in [-0.2, 0) is 13.1 Å². The molecule has 0 unspecified atom stereocenters. The third-order valence-electron chi connectivity index (χ3n) is 6.30. The minimum absolute atomic E-state index is 0.265. The highest BCUT2D eigenvalue weighted by Crippen LogP contribution is 2.40. The van der Waals surface area contributed by atoms with Gasteiger partial charge in [-0.15, -0.1) is 10.2 Å².